The summed E-state index contributed by atoms with van der Waals surface area (Å²) in [4.78, 5) is 12.1. The molecule has 1 aromatic carbocycles. The zero-order valence-electron chi connectivity index (χ0n) is 11.8. The number of anilines is 1. The lowest BCUT2D eigenvalue weighted by molar-refractivity contribution is 0.0944. The molecular formula is C15H22N2O3. The van der Waals surface area contributed by atoms with Gasteiger partial charge in [-0.25, -0.2) is 0 Å². The molecule has 5 nitrogen and oxygen atoms in total. The molecule has 0 radical (unpaired) electrons. The van der Waals surface area contributed by atoms with Gasteiger partial charge in [-0.2, -0.15) is 0 Å². The predicted octanol–water partition coefficient (Wildman–Crippen LogP) is 1.56. The van der Waals surface area contributed by atoms with Gasteiger partial charge in [0.1, 0.15) is 5.75 Å². The summed E-state index contributed by atoms with van der Waals surface area (Å²) in [6.07, 6.45) is 2.34. The van der Waals surface area contributed by atoms with E-state index in [0.29, 0.717) is 36.1 Å². The van der Waals surface area contributed by atoms with Crippen LogP contribution < -0.4 is 15.8 Å². The van der Waals surface area contributed by atoms with Crippen molar-refractivity contribution in [1.29, 1.82) is 0 Å². The van der Waals surface area contributed by atoms with Crippen LogP contribution in [-0.4, -0.2) is 30.3 Å². The Bertz CT molecular complexity index is 476. The van der Waals surface area contributed by atoms with Crippen LogP contribution in [0.25, 0.3) is 0 Å². The second kappa shape index (κ2) is 6.61. The van der Waals surface area contributed by atoms with Gasteiger partial charge in [-0.05, 0) is 44.2 Å². The molecule has 0 saturated heterocycles. The first-order valence-corrected chi connectivity index (χ1v) is 7.08. The molecule has 1 aliphatic rings. The summed E-state index contributed by atoms with van der Waals surface area (Å²) in [5.74, 6) is 0.815. The molecule has 2 rings (SSSR count). The number of nitrogens with two attached hydrogens (primary N) is 1. The summed E-state index contributed by atoms with van der Waals surface area (Å²) >= 11 is 0. The molecule has 2 atom stereocenters. The van der Waals surface area contributed by atoms with Crippen molar-refractivity contribution >= 4 is 11.6 Å². The number of aliphatic hydroxyl groups is 1. The highest BCUT2D eigenvalue weighted by molar-refractivity contribution is 5.95. The van der Waals surface area contributed by atoms with Gasteiger partial charge in [0.2, 0.25) is 0 Å². The number of hydrogen-bond donors (Lipinski definition) is 3. The normalized spacial score (nSPS) is 21.7. The monoisotopic (exact) mass is 278 g/mol. The number of benzene rings is 1. The van der Waals surface area contributed by atoms with Gasteiger partial charge in [0.15, 0.2) is 0 Å². The first kappa shape index (κ1) is 14.7. The predicted molar refractivity (Wildman–Crippen MR) is 77.7 cm³/mol. The number of hydrogen-bond acceptors (Lipinski definition) is 4. The minimum Gasteiger partial charge on any atom is -0.494 e. The van der Waals surface area contributed by atoms with Crippen molar-refractivity contribution in [2.24, 2.45) is 5.92 Å². The maximum absolute atomic E-state index is 12.1. The van der Waals surface area contributed by atoms with Crippen molar-refractivity contribution in [3.63, 3.8) is 0 Å². The Morgan fingerprint density at radius 1 is 1.45 bits per heavy atom. The summed E-state index contributed by atoms with van der Waals surface area (Å²) in [6.45, 7) is 3.01. The van der Waals surface area contributed by atoms with Crippen LogP contribution in [0.3, 0.4) is 0 Å². The molecule has 1 fully saturated rings. The highest BCUT2D eigenvalue weighted by atomic mass is 16.5. The van der Waals surface area contributed by atoms with E-state index < -0.39 is 0 Å². The van der Waals surface area contributed by atoms with E-state index in [9.17, 15) is 9.90 Å². The number of carbonyl (C=O) groups is 1. The van der Waals surface area contributed by atoms with Crippen LogP contribution in [0, 0.1) is 5.92 Å². The summed E-state index contributed by atoms with van der Waals surface area (Å²) < 4.78 is 5.38. The molecule has 0 aromatic heterocycles. The Labute approximate surface area is 119 Å². The molecular weight excluding hydrogens is 256 g/mol. The van der Waals surface area contributed by atoms with Crippen molar-refractivity contribution in [3.05, 3.63) is 23.8 Å². The van der Waals surface area contributed by atoms with Crippen molar-refractivity contribution in [2.75, 3.05) is 18.9 Å². The Morgan fingerprint density at radius 2 is 2.25 bits per heavy atom. The number of nitrogens with one attached hydrogen (secondary N) is 1. The topological polar surface area (TPSA) is 84.6 Å². The van der Waals surface area contributed by atoms with Crippen LogP contribution in [0.1, 0.15) is 36.5 Å². The smallest absolute Gasteiger partial charge is 0.251 e. The van der Waals surface area contributed by atoms with Crippen LogP contribution in [0.15, 0.2) is 18.2 Å². The van der Waals surface area contributed by atoms with E-state index in [0.717, 1.165) is 19.3 Å². The number of aliphatic hydroxyl groups excluding tert-OH is 1. The summed E-state index contributed by atoms with van der Waals surface area (Å²) in [7, 11) is 0. The summed E-state index contributed by atoms with van der Waals surface area (Å²) in [6, 6.07) is 5.04. The minimum atomic E-state index is -0.214. The fraction of sp³-hybridized carbons (Fsp3) is 0.533. The number of amides is 1. The van der Waals surface area contributed by atoms with Gasteiger partial charge in [0.25, 0.3) is 5.91 Å². The molecule has 20 heavy (non-hydrogen) atoms. The van der Waals surface area contributed by atoms with Gasteiger partial charge in [0.05, 0.1) is 12.7 Å². The van der Waals surface area contributed by atoms with E-state index in [1.54, 1.807) is 18.2 Å². The molecule has 1 aliphatic carbocycles. The largest absolute Gasteiger partial charge is 0.494 e. The molecule has 1 amide bonds. The van der Waals surface area contributed by atoms with Crippen LogP contribution in [0.2, 0.25) is 0 Å². The molecule has 1 aromatic rings. The average molecular weight is 278 g/mol. The van der Waals surface area contributed by atoms with Crippen molar-refractivity contribution in [2.45, 2.75) is 32.3 Å². The van der Waals surface area contributed by atoms with Crippen LogP contribution in [0.4, 0.5) is 5.69 Å². The number of rotatable bonds is 5. The van der Waals surface area contributed by atoms with E-state index in [4.69, 9.17) is 10.5 Å². The lowest BCUT2D eigenvalue weighted by Crippen LogP contribution is -2.28. The first-order chi connectivity index (χ1) is 9.58. The lowest BCUT2D eigenvalue weighted by atomic mass is 10.1. The van der Waals surface area contributed by atoms with E-state index in [1.165, 1.54) is 0 Å². The summed E-state index contributed by atoms with van der Waals surface area (Å²) in [5.41, 5.74) is 6.79. The Hall–Kier alpha value is -1.75. The molecule has 4 N–H and O–H groups in total. The van der Waals surface area contributed by atoms with Gasteiger partial charge in [-0.1, -0.05) is 0 Å². The lowest BCUT2D eigenvalue weighted by Gasteiger charge is -2.12. The molecule has 2 unspecified atom stereocenters. The van der Waals surface area contributed by atoms with Gasteiger partial charge in [0, 0.05) is 23.9 Å². The number of carbonyl (C=O) groups excluding carboxylic acids is 1. The molecule has 110 valence electrons. The fourth-order valence-corrected chi connectivity index (χ4v) is 2.58. The second-order valence-corrected chi connectivity index (χ2v) is 5.27. The summed E-state index contributed by atoms with van der Waals surface area (Å²) in [5, 5.41) is 12.4. The quantitative estimate of drug-likeness (QED) is 0.714. The maximum atomic E-state index is 12.1. The third-order valence-corrected chi connectivity index (χ3v) is 3.57. The molecule has 0 bridgehead atoms. The van der Waals surface area contributed by atoms with E-state index >= 15 is 0 Å². The molecule has 0 heterocycles. The van der Waals surface area contributed by atoms with Crippen LogP contribution in [0.5, 0.6) is 5.75 Å². The van der Waals surface area contributed by atoms with Crippen molar-refractivity contribution < 1.29 is 14.6 Å². The Balaban J connectivity index is 1.94. The second-order valence-electron chi connectivity index (χ2n) is 5.27. The van der Waals surface area contributed by atoms with Gasteiger partial charge < -0.3 is 20.9 Å². The van der Waals surface area contributed by atoms with E-state index in [-0.39, 0.29) is 12.0 Å². The Morgan fingerprint density at radius 3 is 2.90 bits per heavy atom. The fourth-order valence-electron chi connectivity index (χ4n) is 2.58. The van der Waals surface area contributed by atoms with E-state index in [2.05, 4.69) is 5.32 Å². The maximum Gasteiger partial charge on any atom is 0.251 e. The van der Waals surface area contributed by atoms with Gasteiger partial charge in [-0.3, -0.25) is 4.79 Å². The van der Waals surface area contributed by atoms with E-state index in [1.807, 2.05) is 6.92 Å². The number of nitrogen functional groups attached to an aromatic ring is 1. The minimum absolute atomic E-state index is 0.153. The van der Waals surface area contributed by atoms with Gasteiger partial charge >= 0.3 is 0 Å². The third kappa shape index (κ3) is 3.87. The molecule has 5 heteroatoms. The van der Waals surface area contributed by atoms with Crippen LogP contribution >= 0.6 is 0 Å². The molecule has 0 spiro atoms. The molecule has 1 saturated carbocycles. The van der Waals surface area contributed by atoms with Crippen molar-refractivity contribution in [3.8, 4) is 5.75 Å². The highest BCUT2D eigenvalue weighted by Crippen LogP contribution is 2.25. The Kier molecular flexibility index (Phi) is 4.84. The SMILES string of the molecule is CCOc1cc(N)cc(C(=O)NCC2CCC(O)C2)c1. The first-order valence-electron chi connectivity index (χ1n) is 7.08. The zero-order valence-corrected chi connectivity index (χ0v) is 11.8. The average Bonchev–Trinajstić information content (AvgIpc) is 2.81. The van der Waals surface area contributed by atoms with Gasteiger partial charge in [-0.15, -0.1) is 0 Å². The standard InChI is InChI=1S/C15H22N2O3/c1-2-20-14-7-11(6-12(16)8-14)15(19)17-9-10-3-4-13(18)5-10/h6-8,10,13,18H,2-5,9,16H2,1H3,(H,17,19). The number of ether oxygens (including phenoxy) is 1. The van der Waals surface area contributed by atoms with Crippen LogP contribution in [-0.2, 0) is 0 Å². The van der Waals surface area contributed by atoms with Crippen molar-refractivity contribution in [1.82, 2.24) is 5.32 Å². The zero-order chi connectivity index (χ0) is 14.5. The molecule has 0 aliphatic heterocycles. The third-order valence-electron chi connectivity index (χ3n) is 3.57. The highest BCUT2D eigenvalue weighted by Gasteiger charge is 2.23.